The third-order valence-corrected chi connectivity index (χ3v) is 6.23. The summed E-state index contributed by atoms with van der Waals surface area (Å²) in [4.78, 5) is 0. The maximum absolute atomic E-state index is 3.91. The van der Waals surface area contributed by atoms with Crippen LogP contribution in [0.25, 0.3) is 0 Å². The smallest absolute Gasteiger partial charge is 0.00886 e. The summed E-state index contributed by atoms with van der Waals surface area (Å²) in [5, 5.41) is 0. The van der Waals surface area contributed by atoms with Gasteiger partial charge in [0.25, 0.3) is 0 Å². The van der Waals surface area contributed by atoms with Crippen molar-refractivity contribution < 1.29 is 0 Å². The van der Waals surface area contributed by atoms with Gasteiger partial charge in [0.15, 0.2) is 0 Å². The van der Waals surface area contributed by atoms with Crippen LogP contribution in [-0.2, 0) is 0 Å². The minimum Gasteiger partial charge on any atom is -0.103 e. The average molecular weight is 417 g/mol. The van der Waals surface area contributed by atoms with Crippen LogP contribution in [0.2, 0.25) is 0 Å². The monoisotopic (exact) mass is 416 g/mol. The first kappa shape index (κ1) is 29.6. The van der Waals surface area contributed by atoms with Gasteiger partial charge in [0.1, 0.15) is 0 Å². The van der Waals surface area contributed by atoms with Crippen molar-refractivity contribution in [3.05, 3.63) is 13.8 Å². The van der Waals surface area contributed by atoms with Gasteiger partial charge in [-0.25, -0.2) is 0 Å². The fourth-order valence-corrected chi connectivity index (χ4v) is 4.14. The first-order chi connectivity index (χ1) is 14.9. The fourth-order valence-electron chi connectivity index (χ4n) is 4.14. The van der Waals surface area contributed by atoms with Crippen molar-refractivity contribution in [3.63, 3.8) is 0 Å². The zero-order chi connectivity index (χ0) is 21.8. The Kier molecular flexibility index (Phi) is 28.1. The molecule has 0 fully saturated rings. The van der Waals surface area contributed by atoms with Crippen molar-refractivity contribution in [2.45, 2.75) is 167 Å². The molecule has 0 heteroatoms. The Morgan fingerprint density at radius 3 is 0.700 bits per heavy atom. The van der Waals surface area contributed by atoms with Crippen molar-refractivity contribution in [2.75, 3.05) is 0 Å². The van der Waals surface area contributed by atoms with Gasteiger partial charge in [-0.15, -0.1) is 11.8 Å². The first-order valence-corrected chi connectivity index (χ1v) is 14.0. The molecule has 2 radical (unpaired) electrons. The van der Waals surface area contributed by atoms with Gasteiger partial charge in [-0.3, -0.25) is 0 Å². The Balaban J connectivity index is 3.08. The van der Waals surface area contributed by atoms with Crippen molar-refractivity contribution >= 4 is 0 Å². The van der Waals surface area contributed by atoms with Gasteiger partial charge in [-0.2, -0.15) is 0 Å². The van der Waals surface area contributed by atoms with Gasteiger partial charge in [-0.1, -0.05) is 155 Å². The molecule has 0 aliphatic carbocycles. The lowest BCUT2D eigenvalue weighted by Crippen LogP contribution is -1.83. The van der Waals surface area contributed by atoms with E-state index < -0.39 is 0 Å². The molecule has 0 aromatic heterocycles. The zero-order valence-corrected chi connectivity index (χ0v) is 20.8. The Morgan fingerprint density at radius 1 is 0.267 bits per heavy atom. The Bertz CT molecular complexity index is 345. The molecule has 0 aliphatic rings. The molecule has 0 saturated carbocycles. The molecule has 0 heterocycles. The molecule has 0 aromatic carbocycles. The van der Waals surface area contributed by atoms with Gasteiger partial charge in [-0.05, 0) is 12.8 Å². The highest BCUT2D eigenvalue weighted by Gasteiger charge is 1.94. The highest BCUT2D eigenvalue weighted by Crippen LogP contribution is 2.13. The predicted octanol–water partition coefficient (Wildman–Crippen LogP) is 10.8. The van der Waals surface area contributed by atoms with E-state index in [4.69, 9.17) is 0 Å². The molecule has 0 atom stereocenters. The lowest BCUT2D eigenvalue weighted by molar-refractivity contribution is 0.538. The number of hydrogen-bond donors (Lipinski definition) is 0. The molecule has 0 N–H and O–H groups in total. The van der Waals surface area contributed by atoms with Gasteiger partial charge in [0.05, 0.1) is 0 Å². The summed E-state index contributed by atoms with van der Waals surface area (Å²) in [5.74, 6) is 6.80. The number of hydrogen-bond acceptors (Lipinski definition) is 0. The maximum Gasteiger partial charge on any atom is 0.00886 e. The Morgan fingerprint density at radius 2 is 0.467 bits per heavy atom. The summed E-state index contributed by atoms with van der Waals surface area (Å²) in [6.07, 6.45) is 35.4. The van der Waals surface area contributed by atoms with Crippen LogP contribution >= 0.6 is 0 Å². The molecule has 0 saturated heterocycles. The van der Waals surface area contributed by atoms with Gasteiger partial charge >= 0.3 is 0 Å². The summed E-state index contributed by atoms with van der Waals surface area (Å²) in [7, 11) is 0. The molecule has 0 bridgehead atoms. The summed E-state index contributed by atoms with van der Waals surface area (Å²) >= 11 is 0. The zero-order valence-electron chi connectivity index (χ0n) is 20.8. The first-order valence-electron chi connectivity index (χ1n) is 14.0. The van der Waals surface area contributed by atoms with Crippen LogP contribution in [0, 0.1) is 25.7 Å². The number of unbranched alkanes of at least 4 members (excludes halogenated alkanes) is 24. The Labute approximate surface area is 192 Å². The summed E-state index contributed by atoms with van der Waals surface area (Å²) in [5.41, 5.74) is 0. The molecule has 30 heavy (non-hydrogen) atoms. The molecule has 0 nitrogen and oxygen atoms in total. The van der Waals surface area contributed by atoms with E-state index in [-0.39, 0.29) is 0 Å². The van der Waals surface area contributed by atoms with E-state index in [2.05, 4.69) is 25.7 Å². The fraction of sp³-hybridized carbons (Fsp3) is 0.867. The van der Waals surface area contributed by atoms with E-state index in [9.17, 15) is 0 Å². The summed E-state index contributed by atoms with van der Waals surface area (Å²) < 4.78 is 0. The van der Waals surface area contributed by atoms with E-state index in [1.54, 1.807) is 0 Å². The topological polar surface area (TPSA) is 0 Å². The minimum absolute atomic E-state index is 1.11. The van der Waals surface area contributed by atoms with Crippen LogP contribution in [0.5, 0.6) is 0 Å². The van der Waals surface area contributed by atoms with Crippen molar-refractivity contribution in [3.8, 4) is 11.8 Å². The quantitative estimate of drug-likeness (QED) is 0.108. The molecule has 0 rings (SSSR count). The lowest BCUT2D eigenvalue weighted by atomic mass is 10.0. The van der Waals surface area contributed by atoms with E-state index >= 15 is 0 Å². The standard InChI is InChI=1S/C30H56/c1-3-5-7-9-11-13-15-17-19-21-23-25-27-29-30-28-26-24-22-20-18-16-14-12-10-8-6-4-2/h1-25,27,29-30H2. The Hall–Kier alpha value is -0.440. The predicted molar refractivity (Wildman–Crippen MR) is 139 cm³/mol. The number of rotatable bonds is 24. The molecule has 0 aliphatic heterocycles. The van der Waals surface area contributed by atoms with E-state index in [1.165, 1.54) is 141 Å². The van der Waals surface area contributed by atoms with Crippen LogP contribution in [-0.4, -0.2) is 0 Å². The van der Waals surface area contributed by atoms with E-state index in [0.717, 1.165) is 25.7 Å². The average Bonchev–Trinajstić information content (AvgIpc) is 2.76. The summed E-state index contributed by atoms with van der Waals surface area (Å²) in [6.45, 7) is 7.82. The second-order valence-electron chi connectivity index (χ2n) is 9.34. The van der Waals surface area contributed by atoms with Crippen LogP contribution in [0.3, 0.4) is 0 Å². The lowest BCUT2D eigenvalue weighted by Gasteiger charge is -2.02. The van der Waals surface area contributed by atoms with Crippen molar-refractivity contribution in [1.29, 1.82) is 0 Å². The SMILES string of the molecule is [CH2]CCCCCCCCCCCC#CCCCCCCCCCCCCCCC[CH2]. The van der Waals surface area contributed by atoms with Crippen LogP contribution < -0.4 is 0 Å². The van der Waals surface area contributed by atoms with E-state index in [0.29, 0.717) is 0 Å². The molecule has 0 spiro atoms. The van der Waals surface area contributed by atoms with Crippen LogP contribution in [0.15, 0.2) is 0 Å². The van der Waals surface area contributed by atoms with Crippen molar-refractivity contribution in [2.24, 2.45) is 0 Å². The van der Waals surface area contributed by atoms with Gasteiger partial charge in [0, 0.05) is 12.8 Å². The van der Waals surface area contributed by atoms with Gasteiger partial charge < -0.3 is 0 Å². The second-order valence-corrected chi connectivity index (χ2v) is 9.34. The molecular formula is C30H56. The molecule has 176 valence electrons. The third-order valence-electron chi connectivity index (χ3n) is 6.23. The van der Waals surface area contributed by atoms with E-state index in [1.807, 2.05) is 0 Å². The van der Waals surface area contributed by atoms with Crippen LogP contribution in [0.1, 0.15) is 167 Å². The molecule has 0 unspecified atom stereocenters. The normalized spacial score (nSPS) is 10.9. The maximum atomic E-state index is 3.91. The molecule has 0 aromatic rings. The second kappa shape index (κ2) is 28.6. The molecule has 0 amide bonds. The van der Waals surface area contributed by atoms with Gasteiger partial charge in [0.2, 0.25) is 0 Å². The minimum atomic E-state index is 1.11. The van der Waals surface area contributed by atoms with Crippen molar-refractivity contribution in [1.82, 2.24) is 0 Å². The van der Waals surface area contributed by atoms with Crippen LogP contribution in [0.4, 0.5) is 0 Å². The highest BCUT2D eigenvalue weighted by molar-refractivity contribution is 4.98. The largest absolute Gasteiger partial charge is 0.103 e. The third kappa shape index (κ3) is 27.6. The highest BCUT2D eigenvalue weighted by atomic mass is 14.0. The summed E-state index contributed by atoms with van der Waals surface area (Å²) in [6, 6.07) is 0. The molecular weight excluding hydrogens is 360 g/mol.